The van der Waals surface area contributed by atoms with Gasteiger partial charge in [-0.2, -0.15) is 5.26 Å². The Morgan fingerprint density at radius 1 is 1.10 bits per heavy atom. The van der Waals surface area contributed by atoms with Crippen LogP contribution in [0.1, 0.15) is 57.1 Å². The van der Waals surface area contributed by atoms with E-state index in [0.29, 0.717) is 48.4 Å². The van der Waals surface area contributed by atoms with E-state index in [1.165, 1.54) is 24.4 Å². The Bertz CT molecular complexity index is 2100. The van der Waals surface area contributed by atoms with Crippen molar-refractivity contribution in [1.29, 1.82) is 5.26 Å². The predicted octanol–water partition coefficient (Wildman–Crippen LogP) is 5.21. The van der Waals surface area contributed by atoms with Gasteiger partial charge < -0.3 is 24.5 Å². The van der Waals surface area contributed by atoms with Crippen LogP contribution in [-0.4, -0.2) is 54.8 Å². The number of amides is 1. The van der Waals surface area contributed by atoms with Crippen molar-refractivity contribution >= 4 is 22.9 Å². The number of imidazole rings is 1. The molecule has 0 bridgehead atoms. The lowest BCUT2D eigenvalue weighted by Gasteiger charge is -2.27. The molecule has 242 valence electrons. The minimum atomic E-state index is -1.07. The summed E-state index contributed by atoms with van der Waals surface area (Å²) in [6, 6.07) is 16.9. The van der Waals surface area contributed by atoms with Crippen molar-refractivity contribution in [3.8, 4) is 23.2 Å². The number of halogens is 2. The fourth-order valence-corrected chi connectivity index (χ4v) is 5.48. The average molecular weight is 651 g/mol. The topological polar surface area (TPSA) is 152 Å². The second-order valence-electron chi connectivity index (χ2n) is 11.9. The van der Waals surface area contributed by atoms with Gasteiger partial charge in [0.1, 0.15) is 35.3 Å². The summed E-state index contributed by atoms with van der Waals surface area (Å²) in [7, 11) is 0. The van der Waals surface area contributed by atoms with E-state index in [1.54, 1.807) is 30.3 Å². The third-order valence-electron chi connectivity index (χ3n) is 8.50. The smallest absolute Gasteiger partial charge is 0.335 e. The number of aromatic nitrogens is 4. The number of pyridine rings is 2. The first-order valence-corrected chi connectivity index (χ1v) is 15.3. The van der Waals surface area contributed by atoms with Gasteiger partial charge in [-0.05, 0) is 67.3 Å². The van der Waals surface area contributed by atoms with Crippen LogP contribution in [0, 0.1) is 23.0 Å². The first kappa shape index (κ1) is 30.9. The molecule has 4 heterocycles. The van der Waals surface area contributed by atoms with Crippen LogP contribution < -0.4 is 10.1 Å². The van der Waals surface area contributed by atoms with Gasteiger partial charge in [0.25, 0.3) is 5.91 Å². The van der Waals surface area contributed by atoms with Crippen LogP contribution in [0.4, 0.5) is 8.78 Å². The Kier molecular flexibility index (Phi) is 8.02. The molecular formula is C35H28F2N6O5. The number of hydrogen-bond acceptors (Lipinski definition) is 8. The lowest BCUT2D eigenvalue weighted by molar-refractivity contribution is -0.0589. The zero-order valence-corrected chi connectivity index (χ0v) is 25.5. The maximum atomic E-state index is 15.6. The maximum Gasteiger partial charge on any atom is 0.335 e. The molecule has 7 rings (SSSR count). The minimum absolute atomic E-state index is 0.0307. The molecule has 1 aliphatic heterocycles. The quantitative estimate of drug-likeness (QED) is 0.196. The summed E-state index contributed by atoms with van der Waals surface area (Å²) >= 11 is 0. The SMILES string of the molecule is N#CC1(NC(=O)c2ccc(COc3cccc(-c4cc(F)c(Cc5nc6ccc(C(=O)O)cc6n5C[C@@H]5CCO5)cc4F)n3)cn2)CC1. The van der Waals surface area contributed by atoms with Crippen molar-refractivity contribution in [2.24, 2.45) is 0 Å². The molecule has 11 nitrogen and oxygen atoms in total. The number of benzene rings is 2. The van der Waals surface area contributed by atoms with Gasteiger partial charge in [0, 0.05) is 36.4 Å². The zero-order valence-electron chi connectivity index (χ0n) is 25.5. The van der Waals surface area contributed by atoms with Crippen molar-refractivity contribution in [3.05, 3.63) is 107 Å². The summed E-state index contributed by atoms with van der Waals surface area (Å²) in [6.07, 6.45) is 3.44. The third kappa shape index (κ3) is 6.30. The standard InChI is InChI=1S/C35H28F2N6O5/c36-25-15-24(27-2-1-3-32(41-27)48-18-20-4-6-29(39-16-20)33(44)42-35(19-38)9-10-35)26(37)12-22(25)14-31-40-28-7-5-21(34(45)46)13-30(28)43(31)17-23-8-11-47-23/h1-7,12-13,15-16,23H,8-11,14,17-18H2,(H,42,44)(H,45,46)/t23-/m0/s1. The molecule has 1 saturated carbocycles. The number of carbonyl (C=O) groups is 2. The highest BCUT2D eigenvalue weighted by Crippen LogP contribution is 2.34. The van der Waals surface area contributed by atoms with E-state index >= 15 is 8.78 Å². The van der Waals surface area contributed by atoms with Gasteiger partial charge >= 0.3 is 5.97 Å². The van der Waals surface area contributed by atoms with Crippen LogP contribution >= 0.6 is 0 Å². The van der Waals surface area contributed by atoms with E-state index in [0.717, 1.165) is 18.6 Å². The number of carboxylic acid groups (broad SMARTS) is 1. The van der Waals surface area contributed by atoms with Crippen LogP contribution in [0.2, 0.25) is 0 Å². The molecule has 0 radical (unpaired) electrons. The zero-order chi connectivity index (χ0) is 33.4. The molecule has 1 saturated heterocycles. The second kappa shape index (κ2) is 12.5. The second-order valence-corrected chi connectivity index (χ2v) is 11.9. The summed E-state index contributed by atoms with van der Waals surface area (Å²) in [6.45, 7) is 1.10. The highest BCUT2D eigenvalue weighted by atomic mass is 19.1. The highest BCUT2D eigenvalue weighted by molar-refractivity contribution is 5.93. The molecule has 5 aromatic rings. The van der Waals surface area contributed by atoms with Crippen LogP contribution in [0.15, 0.2) is 66.9 Å². The molecule has 1 amide bonds. The predicted molar refractivity (Wildman–Crippen MR) is 167 cm³/mol. The summed E-state index contributed by atoms with van der Waals surface area (Å²) in [5, 5.41) is 21.4. The minimum Gasteiger partial charge on any atom is -0.478 e. The summed E-state index contributed by atoms with van der Waals surface area (Å²) in [5.74, 6) is -2.20. The van der Waals surface area contributed by atoms with E-state index in [2.05, 4.69) is 26.3 Å². The summed E-state index contributed by atoms with van der Waals surface area (Å²) in [4.78, 5) is 37.1. The van der Waals surface area contributed by atoms with Crippen LogP contribution in [0.3, 0.4) is 0 Å². The number of carboxylic acids is 1. The van der Waals surface area contributed by atoms with E-state index in [9.17, 15) is 20.0 Å². The Hall–Kier alpha value is -5.74. The Balaban J connectivity index is 1.07. The molecule has 2 aromatic carbocycles. The van der Waals surface area contributed by atoms with Crippen molar-refractivity contribution in [3.63, 3.8) is 0 Å². The van der Waals surface area contributed by atoms with Crippen molar-refractivity contribution in [2.45, 2.75) is 50.5 Å². The Morgan fingerprint density at radius 3 is 2.62 bits per heavy atom. The fourth-order valence-electron chi connectivity index (χ4n) is 5.48. The number of ether oxygens (including phenoxy) is 2. The van der Waals surface area contributed by atoms with Gasteiger partial charge in [0.15, 0.2) is 0 Å². The molecule has 13 heteroatoms. The van der Waals surface area contributed by atoms with Gasteiger partial charge in [-0.25, -0.2) is 23.5 Å². The molecule has 2 N–H and O–H groups in total. The van der Waals surface area contributed by atoms with Gasteiger partial charge in [-0.15, -0.1) is 0 Å². The molecule has 1 atom stereocenters. The molecule has 2 aliphatic rings. The lowest BCUT2D eigenvalue weighted by Crippen LogP contribution is -2.36. The average Bonchev–Trinajstić information content (AvgIpc) is 3.76. The number of aromatic carboxylic acids is 1. The number of rotatable bonds is 11. The first-order valence-electron chi connectivity index (χ1n) is 15.3. The van der Waals surface area contributed by atoms with E-state index in [-0.39, 0.29) is 53.1 Å². The molecule has 0 unspecified atom stereocenters. The Morgan fingerprint density at radius 2 is 1.94 bits per heavy atom. The van der Waals surface area contributed by atoms with Gasteiger partial charge in [-0.1, -0.05) is 12.1 Å². The number of nitrogens with one attached hydrogen (secondary N) is 1. The lowest BCUT2D eigenvalue weighted by atomic mass is 10.0. The van der Waals surface area contributed by atoms with Gasteiger partial charge in [0.2, 0.25) is 5.88 Å². The largest absolute Gasteiger partial charge is 0.478 e. The number of carbonyl (C=O) groups excluding carboxylic acids is 1. The molecule has 0 spiro atoms. The third-order valence-corrected chi connectivity index (χ3v) is 8.50. The van der Waals surface area contributed by atoms with Crippen molar-refractivity contribution in [1.82, 2.24) is 24.8 Å². The maximum absolute atomic E-state index is 15.6. The number of fused-ring (bicyclic) bond motifs is 1. The number of nitriles is 1. The summed E-state index contributed by atoms with van der Waals surface area (Å²) in [5.41, 5.74) is 1.47. The van der Waals surface area contributed by atoms with Crippen molar-refractivity contribution in [2.75, 3.05) is 6.61 Å². The number of nitrogens with zero attached hydrogens (tertiary/aromatic N) is 5. The summed E-state index contributed by atoms with van der Waals surface area (Å²) < 4.78 is 44.3. The molecule has 2 fully saturated rings. The van der Waals surface area contributed by atoms with E-state index in [4.69, 9.17) is 9.47 Å². The first-order chi connectivity index (χ1) is 23.2. The molecule has 1 aliphatic carbocycles. The number of hydrogen-bond donors (Lipinski definition) is 2. The van der Waals surface area contributed by atoms with E-state index < -0.39 is 29.0 Å². The van der Waals surface area contributed by atoms with Crippen LogP contribution in [-0.2, 0) is 24.3 Å². The molecule has 48 heavy (non-hydrogen) atoms. The van der Waals surface area contributed by atoms with Crippen molar-refractivity contribution < 1.29 is 33.0 Å². The van der Waals surface area contributed by atoms with Gasteiger partial charge in [0.05, 0.1) is 41.0 Å². The van der Waals surface area contributed by atoms with E-state index in [1.807, 2.05) is 4.57 Å². The highest BCUT2D eigenvalue weighted by Gasteiger charge is 2.44. The molecular weight excluding hydrogens is 622 g/mol. The monoisotopic (exact) mass is 650 g/mol. The molecule has 3 aromatic heterocycles. The van der Waals surface area contributed by atoms with Crippen LogP contribution in [0.25, 0.3) is 22.3 Å². The normalized spacial score (nSPS) is 16.1. The fraction of sp³-hybridized carbons (Fsp3) is 0.257. The van der Waals surface area contributed by atoms with Crippen LogP contribution in [0.5, 0.6) is 5.88 Å². The van der Waals surface area contributed by atoms with Gasteiger partial charge in [-0.3, -0.25) is 9.78 Å². The Labute approximate surface area is 272 Å².